The molecular weight excluding hydrogens is 328 g/mol. The Morgan fingerprint density at radius 3 is 2.59 bits per heavy atom. The summed E-state index contributed by atoms with van der Waals surface area (Å²) in [5, 5.41) is 10.8. The number of sulfonamides is 1. The Morgan fingerprint density at radius 1 is 1.27 bits per heavy atom. The molecule has 3 aromatic rings. The molecule has 0 radical (unpaired) electrons. The Balaban J connectivity index is 2.28. The Labute approximate surface area is 128 Å². The molecule has 0 aromatic carbocycles. The summed E-state index contributed by atoms with van der Waals surface area (Å²) in [5.41, 5.74) is 11.8. The molecule has 0 spiro atoms. The fraction of sp³-hybridized carbons (Fsp3) is 0. The van der Waals surface area contributed by atoms with Gasteiger partial charge in [0.2, 0.25) is 16.0 Å². The number of anilines is 1. The van der Waals surface area contributed by atoms with Crippen molar-refractivity contribution in [1.29, 1.82) is 0 Å². The van der Waals surface area contributed by atoms with Crippen molar-refractivity contribution in [1.82, 2.24) is 14.6 Å². The molecule has 0 saturated heterocycles. The monoisotopic (exact) mass is 338 g/mol. The molecule has 3 heterocycles. The molecule has 9 nitrogen and oxygen atoms in total. The molecule has 0 bridgehead atoms. The molecule has 6 N–H and O–H groups in total. The number of thiophene rings is 1. The van der Waals surface area contributed by atoms with Crippen molar-refractivity contribution in [3.8, 4) is 11.1 Å². The molecule has 0 aliphatic rings. The summed E-state index contributed by atoms with van der Waals surface area (Å²) < 4.78 is 24.7. The average molecular weight is 338 g/mol. The van der Waals surface area contributed by atoms with Gasteiger partial charge in [-0.1, -0.05) is 0 Å². The summed E-state index contributed by atoms with van der Waals surface area (Å²) in [7, 11) is -4.02. The SMILES string of the molecule is NC(=O)c1cc(-c2cc(S(N)(=O)=O)c3nc(N)nn3c2)cs1. The van der Waals surface area contributed by atoms with E-state index < -0.39 is 15.9 Å². The first kappa shape index (κ1) is 14.4. The standard InChI is InChI=1S/C11H10N6O3S2/c12-9(18)7-1-6(4-21-7)5-2-8(22(14,19)20)10-15-11(13)16-17(10)3-5/h1-4H,(H2,12,18)(H2,13,16)(H2,14,19,20). The van der Waals surface area contributed by atoms with Gasteiger partial charge in [-0.05, 0) is 23.1 Å². The largest absolute Gasteiger partial charge is 0.366 e. The fourth-order valence-corrected chi connectivity index (χ4v) is 3.41. The fourth-order valence-electron chi connectivity index (χ4n) is 1.96. The summed E-state index contributed by atoms with van der Waals surface area (Å²) in [6, 6.07) is 2.91. The number of primary sulfonamides is 1. The lowest BCUT2D eigenvalue weighted by Gasteiger charge is -2.04. The number of hydrogen-bond acceptors (Lipinski definition) is 7. The second-order valence-corrected chi connectivity index (χ2v) is 6.88. The Kier molecular flexibility index (Phi) is 3.12. The van der Waals surface area contributed by atoms with Crippen molar-refractivity contribution in [2.75, 3.05) is 5.73 Å². The first-order valence-corrected chi connectivity index (χ1v) is 8.26. The van der Waals surface area contributed by atoms with E-state index in [1.54, 1.807) is 17.6 Å². The smallest absolute Gasteiger partial charge is 0.258 e. The molecule has 3 rings (SSSR count). The zero-order valence-corrected chi connectivity index (χ0v) is 12.6. The second kappa shape index (κ2) is 4.76. The van der Waals surface area contributed by atoms with Gasteiger partial charge in [0, 0.05) is 11.8 Å². The van der Waals surface area contributed by atoms with Crippen LogP contribution < -0.4 is 16.6 Å². The van der Waals surface area contributed by atoms with Crippen molar-refractivity contribution in [3.05, 3.63) is 28.6 Å². The van der Waals surface area contributed by atoms with Crippen LogP contribution in [0.4, 0.5) is 5.95 Å². The van der Waals surface area contributed by atoms with Crippen LogP contribution in [0.15, 0.2) is 28.6 Å². The Morgan fingerprint density at radius 2 is 2.00 bits per heavy atom. The van der Waals surface area contributed by atoms with Gasteiger partial charge in [-0.15, -0.1) is 16.4 Å². The number of aromatic nitrogens is 3. The molecule has 0 aliphatic heterocycles. The van der Waals surface area contributed by atoms with Gasteiger partial charge in [0.05, 0.1) is 4.88 Å². The van der Waals surface area contributed by atoms with E-state index in [0.29, 0.717) is 16.0 Å². The van der Waals surface area contributed by atoms with Gasteiger partial charge in [0.15, 0.2) is 5.65 Å². The van der Waals surface area contributed by atoms with E-state index in [9.17, 15) is 13.2 Å². The number of hydrogen-bond donors (Lipinski definition) is 3. The third-order valence-electron chi connectivity index (χ3n) is 2.90. The molecular formula is C11H10N6O3S2. The predicted molar refractivity (Wildman–Crippen MR) is 80.6 cm³/mol. The van der Waals surface area contributed by atoms with E-state index in [2.05, 4.69) is 10.1 Å². The quantitative estimate of drug-likeness (QED) is 0.599. The van der Waals surface area contributed by atoms with Gasteiger partial charge < -0.3 is 11.5 Å². The minimum absolute atomic E-state index is 0.0362. The highest BCUT2D eigenvalue weighted by molar-refractivity contribution is 7.89. The van der Waals surface area contributed by atoms with Gasteiger partial charge >= 0.3 is 0 Å². The minimum Gasteiger partial charge on any atom is -0.366 e. The summed E-state index contributed by atoms with van der Waals surface area (Å²) in [6.07, 6.45) is 1.54. The summed E-state index contributed by atoms with van der Waals surface area (Å²) >= 11 is 1.15. The zero-order chi connectivity index (χ0) is 16.1. The van der Waals surface area contributed by atoms with Crippen molar-refractivity contribution in [2.24, 2.45) is 10.9 Å². The number of nitrogens with zero attached hydrogens (tertiary/aromatic N) is 3. The molecule has 0 aliphatic carbocycles. The zero-order valence-electron chi connectivity index (χ0n) is 10.9. The summed E-state index contributed by atoms with van der Waals surface area (Å²) in [4.78, 5) is 15.2. The van der Waals surface area contributed by atoms with Crippen LogP contribution in [0.25, 0.3) is 16.8 Å². The van der Waals surface area contributed by atoms with E-state index in [-0.39, 0.29) is 16.5 Å². The van der Waals surface area contributed by atoms with E-state index in [0.717, 1.165) is 11.3 Å². The Hall–Kier alpha value is -2.50. The minimum atomic E-state index is -4.02. The van der Waals surface area contributed by atoms with Gasteiger partial charge in [0.1, 0.15) is 4.90 Å². The average Bonchev–Trinajstić information content (AvgIpc) is 3.00. The highest BCUT2D eigenvalue weighted by atomic mass is 32.2. The van der Waals surface area contributed by atoms with Crippen LogP contribution in [0.1, 0.15) is 9.67 Å². The number of carbonyl (C=O) groups is 1. The number of rotatable bonds is 3. The van der Waals surface area contributed by atoms with Crippen molar-refractivity contribution < 1.29 is 13.2 Å². The maximum atomic E-state index is 11.7. The lowest BCUT2D eigenvalue weighted by molar-refractivity contribution is 0.100. The van der Waals surface area contributed by atoms with Crippen molar-refractivity contribution >= 4 is 38.9 Å². The van der Waals surface area contributed by atoms with Crippen LogP contribution in [0.5, 0.6) is 0 Å². The molecule has 0 unspecified atom stereocenters. The van der Waals surface area contributed by atoms with Gasteiger partial charge in [-0.25, -0.2) is 18.1 Å². The molecule has 3 aromatic heterocycles. The number of primary amides is 1. The van der Waals surface area contributed by atoms with Gasteiger partial charge in [-0.2, -0.15) is 4.98 Å². The molecule has 114 valence electrons. The molecule has 11 heteroatoms. The van der Waals surface area contributed by atoms with Crippen LogP contribution in [-0.2, 0) is 10.0 Å². The number of fused-ring (bicyclic) bond motifs is 1. The van der Waals surface area contributed by atoms with Crippen molar-refractivity contribution in [3.63, 3.8) is 0 Å². The molecule has 22 heavy (non-hydrogen) atoms. The topological polar surface area (TPSA) is 159 Å². The maximum absolute atomic E-state index is 11.7. The number of amides is 1. The number of nitrogens with two attached hydrogens (primary N) is 3. The van der Waals surface area contributed by atoms with Crippen LogP contribution in [0.3, 0.4) is 0 Å². The van der Waals surface area contributed by atoms with E-state index in [1.807, 2.05) is 0 Å². The van der Waals surface area contributed by atoms with Gasteiger partial charge in [-0.3, -0.25) is 4.79 Å². The molecule has 0 fully saturated rings. The maximum Gasteiger partial charge on any atom is 0.258 e. The number of pyridine rings is 1. The lowest BCUT2D eigenvalue weighted by Crippen LogP contribution is -2.14. The van der Waals surface area contributed by atoms with Crippen LogP contribution in [0.2, 0.25) is 0 Å². The lowest BCUT2D eigenvalue weighted by atomic mass is 10.1. The van der Waals surface area contributed by atoms with E-state index in [1.165, 1.54) is 10.6 Å². The van der Waals surface area contributed by atoms with Crippen LogP contribution in [0, 0.1) is 0 Å². The summed E-state index contributed by atoms with van der Waals surface area (Å²) in [6.45, 7) is 0. The van der Waals surface area contributed by atoms with Crippen LogP contribution >= 0.6 is 11.3 Å². The van der Waals surface area contributed by atoms with Crippen molar-refractivity contribution in [2.45, 2.75) is 4.90 Å². The number of nitrogen functional groups attached to an aromatic ring is 1. The highest BCUT2D eigenvalue weighted by Gasteiger charge is 2.19. The predicted octanol–water partition coefficient (Wildman–Crippen LogP) is -0.214. The first-order chi connectivity index (χ1) is 10.3. The normalized spacial score (nSPS) is 11.9. The molecule has 0 saturated carbocycles. The van der Waals surface area contributed by atoms with Gasteiger partial charge in [0.25, 0.3) is 5.91 Å². The first-order valence-electron chi connectivity index (χ1n) is 5.83. The number of carbonyl (C=O) groups excluding carboxylic acids is 1. The third-order valence-corrected chi connectivity index (χ3v) is 4.76. The van der Waals surface area contributed by atoms with E-state index in [4.69, 9.17) is 16.6 Å². The summed E-state index contributed by atoms with van der Waals surface area (Å²) in [5.74, 6) is -0.640. The molecule has 0 atom stereocenters. The van der Waals surface area contributed by atoms with E-state index >= 15 is 0 Å². The molecule has 1 amide bonds. The second-order valence-electron chi connectivity index (χ2n) is 4.44. The third kappa shape index (κ3) is 2.41. The Bertz CT molecular complexity index is 1000. The van der Waals surface area contributed by atoms with Crippen LogP contribution in [-0.4, -0.2) is 28.9 Å². The highest BCUT2D eigenvalue weighted by Crippen LogP contribution is 2.28.